The van der Waals surface area contributed by atoms with Gasteiger partial charge in [0, 0.05) is 37.5 Å². The molecule has 0 saturated carbocycles. The highest BCUT2D eigenvalue weighted by Crippen LogP contribution is 2.25. The van der Waals surface area contributed by atoms with Crippen molar-refractivity contribution < 1.29 is 9.53 Å². The number of aromatic amines is 1. The van der Waals surface area contributed by atoms with E-state index in [-0.39, 0.29) is 17.5 Å². The van der Waals surface area contributed by atoms with Crippen LogP contribution in [0.3, 0.4) is 0 Å². The van der Waals surface area contributed by atoms with E-state index in [0.717, 1.165) is 51.1 Å². The molecule has 7 nitrogen and oxygen atoms in total. The van der Waals surface area contributed by atoms with E-state index in [2.05, 4.69) is 32.7 Å². The molecule has 0 bridgehead atoms. The maximum Gasteiger partial charge on any atom is 0.262 e. The summed E-state index contributed by atoms with van der Waals surface area (Å²) < 4.78 is 7.54. The molecular formula is C24H30N4O3S2. The van der Waals surface area contributed by atoms with E-state index in [1.165, 1.54) is 4.88 Å². The minimum absolute atomic E-state index is 0.0603. The fourth-order valence-corrected chi connectivity index (χ4v) is 5.36. The molecule has 0 radical (unpaired) electrons. The van der Waals surface area contributed by atoms with E-state index in [4.69, 9.17) is 17.0 Å². The van der Waals surface area contributed by atoms with Crippen LogP contribution >= 0.6 is 23.6 Å². The van der Waals surface area contributed by atoms with Crippen molar-refractivity contribution in [3.63, 3.8) is 0 Å². The van der Waals surface area contributed by atoms with Crippen LogP contribution < -0.4 is 10.9 Å². The molecule has 1 aliphatic heterocycles. The number of nitrogens with zero attached hydrogens (tertiary/aromatic N) is 2. The number of H-pyrrole nitrogens is 1. The van der Waals surface area contributed by atoms with Crippen molar-refractivity contribution >= 4 is 40.4 Å². The quantitative estimate of drug-likeness (QED) is 0.336. The highest BCUT2D eigenvalue weighted by atomic mass is 32.1. The largest absolute Gasteiger partial charge is 0.379 e. The Kier molecular flexibility index (Phi) is 8.44. The maximum absolute atomic E-state index is 12.7. The number of carbonyl (C=O) groups is 1. The molecule has 1 fully saturated rings. The van der Waals surface area contributed by atoms with Crippen molar-refractivity contribution in [2.24, 2.45) is 0 Å². The Labute approximate surface area is 202 Å². The maximum atomic E-state index is 12.7. The van der Waals surface area contributed by atoms with Crippen LogP contribution in [0.2, 0.25) is 0 Å². The summed E-state index contributed by atoms with van der Waals surface area (Å²) in [5.74, 6) is 0.0741. The minimum atomic E-state index is -0.0603. The van der Waals surface area contributed by atoms with Crippen molar-refractivity contribution in [1.29, 1.82) is 0 Å². The first-order valence-electron chi connectivity index (χ1n) is 11.5. The normalized spacial score (nSPS) is 15.5. The highest BCUT2D eigenvalue weighted by Gasteiger charge is 2.23. The van der Waals surface area contributed by atoms with Gasteiger partial charge in [-0.15, -0.1) is 11.3 Å². The second kappa shape index (κ2) is 11.7. The molecule has 1 unspecified atom stereocenters. The number of nitrogens with one attached hydrogen (secondary N) is 2. The van der Waals surface area contributed by atoms with Crippen molar-refractivity contribution in [2.45, 2.75) is 38.3 Å². The van der Waals surface area contributed by atoms with Crippen LogP contribution in [0.1, 0.15) is 36.6 Å². The number of fused-ring (bicyclic) bond motifs is 1. The van der Waals surface area contributed by atoms with E-state index in [0.29, 0.717) is 29.7 Å². The SMILES string of the molecule is O=C(CCCCCn1c(=S)[nH]c2ccccc2c1=O)NCC(c1cccs1)N1CCOCC1. The van der Waals surface area contributed by atoms with E-state index < -0.39 is 0 Å². The van der Waals surface area contributed by atoms with Crippen LogP contribution in [0.15, 0.2) is 46.6 Å². The summed E-state index contributed by atoms with van der Waals surface area (Å²) in [5.41, 5.74) is 0.702. The molecule has 1 aliphatic rings. The fourth-order valence-electron chi connectivity index (χ4n) is 4.21. The number of thiophene rings is 1. The highest BCUT2D eigenvalue weighted by molar-refractivity contribution is 7.71. The molecule has 33 heavy (non-hydrogen) atoms. The topological polar surface area (TPSA) is 79.4 Å². The zero-order valence-electron chi connectivity index (χ0n) is 18.6. The number of aromatic nitrogens is 2. The van der Waals surface area contributed by atoms with Gasteiger partial charge < -0.3 is 15.0 Å². The van der Waals surface area contributed by atoms with E-state index in [1.807, 2.05) is 24.3 Å². The molecular weight excluding hydrogens is 456 g/mol. The number of carbonyl (C=O) groups excluding carboxylic acids is 1. The Hall–Kier alpha value is -2.33. The first-order chi connectivity index (χ1) is 16.1. The molecule has 176 valence electrons. The third-order valence-corrected chi connectivity index (χ3v) is 7.32. The number of para-hydroxylation sites is 1. The molecule has 4 rings (SSSR count). The molecule has 1 atom stereocenters. The van der Waals surface area contributed by atoms with Crippen LogP contribution in [0, 0.1) is 4.77 Å². The van der Waals surface area contributed by atoms with Crippen molar-refractivity contribution in [2.75, 3.05) is 32.8 Å². The molecule has 2 N–H and O–H groups in total. The first-order valence-corrected chi connectivity index (χ1v) is 12.8. The van der Waals surface area contributed by atoms with Gasteiger partial charge in [-0.05, 0) is 48.6 Å². The van der Waals surface area contributed by atoms with Gasteiger partial charge in [0.1, 0.15) is 0 Å². The number of ether oxygens (including phenoxy) is 1. The second-order valence-electron chi connectivity index (χ2n) is 8.23. The van der Waals surface area contributed by atoms with Gasteiger partial charge in [-0.25, -0.2) is 0 Å². The number of amides is 1. The molecule has 0 aliphatic carbocycles. The summed E-state index contributed by atoms with van der Waals surface area (Å²) in [5, 5.41) is 5.85. The van der Waals surface area contributed by atoms with Crippen LogP contribution in [0.5, 0.6) is 0 Å². The Balaban J connectivity index is 1.22. The van der Waals surface area contributed by atoms with Gasteiger partial charge in [0.2, 0.25) is 5.91 Å². The van der Waals surface area contributed by atoms with Gasteiger partial charge in [0.25, 0.3) is 5.56 Å². The minimum Gasteiger partial charge on any atom is -0.379 e. The predicted octanol–water partition coefficient (Wildman–Crippen LogP) is 3.87. The van der Waals surface area contributed by atoms with Gasteiger partial charge in [-0.2, -0.15) is 0 Å². The monoisotopic (exact) mass is 486 g/mol. The summed E-state index contributed by atoms with van der Waals surface area (Å²) in [4.78, 5) is 31.9. The lowest BCUT2D eigenvalue weighted by Gasteiger charge is -2.34. The lowest BCUT2D eigenvalue weighted by atomic mass is 10.1. The summed E-state index contributed by atoms with van der Waals surface area (Å²) in [7, 11) is 0. The number of rotatable bonds is 10. The van der Waals surface area contributed by atoms with Crippen LogP contribution in [0.25, 0.3) is 10.9 Å². The summed E-state index contributed by atoms with van der Waals surface area (Å²) in [6, 6.07) is 11.8. The molecule has 1 saturated heterocycles. The van der Waals surface area contributed by atoms with Crippen molar-refractivity contribution in [1.82, 2.24) is 19.8 Å². The third-order valence-electron chi connectivity index (χ3n) is 6.03. The van der Waals surface area contributed by atoms with Crippen LogP contribution in [-0.4, -0.2) is 53.2 Å². The molecule has 2 aromatic heterocycles. The first kappa shape index (κ1) is 23.8. The standard InChI is InChI=1S/C24H30N4O3S2/c29-22(25-17-20(21-9-6-16-33-21)27-12-14-31-15-13-27)10-2-1-5-11-28-23(30)18-7-3-4-8-19(18)26-24(28)32/h3-4,6-9,16,20H,1-2,5,10-15,17H2,(H,25,29)(H,26,32). The predicted molar refractivity (Wildman–Crippen MR) is 134 cm³/mol. The molecule has 1 amide bonds. The van der Waals surface area contributed by atoms with Gasteiger partial charge in [0.05, 0.1) is 30.2 Å². The van der Waals surface area contributed by atoms with Crippen molar-refractivity contribution in [3.8, 4) is 0 Å². The molecule has 0 spiro atoms. The fraction of sp³-hybridized carbons (Fsp3) is 0.458. The number of morpholine rings is 1. The summed E-state index contributed by atoms with van der Waals surface area (Å²) in [6.45, 7) is 4.41. The molecule has 9 heteroatoms. The molecule has 1 aromatic carbocycles. The zero-order valence-corrected chi connectivity index (χ0v) is 20.3. The van der Waals surface area contributed by atoms with Gasteiger partial charge in [-0.3, -0.25) is 19.1 Å². The molecule has 3 aromatic rings. The average molecular weight is 487 g/mol. The van der Waals surface area contributed by atoms with Crippen molar-refractivity contribution in [3.05, 3.63) is 61.8 Å². The summed E-state index contributed by atoms with van der Waals surface area (Å²) >= 11 is 7.09. The third kappa shape index (κ3) is 6.17. The lowest BCUT2D eigenvalue weighted by Crippen LogP contribution is -2.43. The number of unbranched alkanes of at least 4 members (excludes halogenated alkanes) is 2. The Morgan fingerprint density at radius 2 is 1.97 bits per heavy atom. The smallest absolute Gasteiger partial charge is 0.262 e. The second-order valence-corrected chi connectivity index (χ2v) is 9.59. The molecule has 3 heterocycles. The van der Waals surface area contributed by atoms with Crippen LogP contribution in [0.4, 0.5) is 0 Å². The summed E-state index contributed by atoms with van der Waals surface area (Å²) in [6.07, 6.45) is 2.93. The average Bonchev–Trinajstić information content (AvgIpc) is 3.36. The van der Waals surface area contributed by atoms with Gasteiger partial charge in [-0.1, -0.05) is 24.6 Å². The Morgan fingerprint density at radius 1 is 1.15 bits per heavy atom. The van der Waals surface area contributed by atoms with Gasteiger partial charge in [0.15, 0.2) is 4.77 Å². The lowest BCUT2D eigenvalue weighted by molar-refractivity contribution is -0.121. The zero-order chi connectivity index (χ0) is 23.0. The van der Waals surface area contributed by atoms with Gasteiger partial charge >= 0.3 is 0 Å². The number of hydrogen-bond donors (Lipinski definition) is 2. The van der Waals surface area contributed by atoms with E-state index >= 15 is 0 Å². The van der Waals surface area contributed by atoms with Crippen LogP contribution in [-0.2, 0) is 16.1 Å². The Bertz CT molecular complexity index is 1170. The van der Waals surface area contributed by atoms with E-state index in [9.17, 15) is 9.59 Å². The number of hydrogen-bond acceptors (Lipinski definition) is 6. The van der Waals surface area contributed by atoms with E-state index in [1.54, 1.807) is 15.9 Å². The Morgan fingerprint density at radius 3 is 2.76 bits per heavy atom. The number of benzene rings is 1.